The summed E-state index contributed by atoms with van der Waals surface area (Å²) in [6.45, 7) is 2.05. The van der Waals surface area contributed by atoms with Gasteiger partial charge in [-0.15, -0.1) is 0 Å². The Morgan fingerprint density at radius 2 is 1.96 bits per heavy atom. The summed E-state index contributed by atoms with van der Waals surface area (Å²) in [4.78, 5) is 38.5. The van der Waals surface area contributed by atoms with Crippen molar-refractivity contribution in [2.75, 3.05) is 24.5 Å². The van der Waals surface area contributed by atoms with Crippen molar-refractivity contribution < 1.29 is 19.5 Å². The monoisotopic (exact) mass is 345 g/mol. The van der Waals surface area contributed by atoms with Crippen molar-refractivity contribution >= 4 is 23.6 Å². The van der Waals surface area contributed by atoms with Gasteiger partial charge < -0.3 is 20.2 Å². The molecule has 2 saturated heterocycles. The molecule has 2 fully saturated rings. The van der Waals surface area contributed by atoms with E-state index in [0.29, 0.717) is 38.9 Å². The number of carbonyl (C=O) groups excluding carboxylic acids is 2. The van der Waals surface area contributed by atoms with Crippen molar-refractivity contribution in [2.45, 2.75) is 32.2 Å². The van der Waals surface area contributed by atoms with Crippen LogP contribution in [-0.4, -0.2) is 47.5 Å². The van der Waals surface area contributed by atoms with Crippen LogP contribution in [0, 0.1) is 5.92 Å². The van der Waals surface area contributed by atoms with Crippen molar-refractivity contribution in [3.8, 4) is 0 Å². The van der Waals surface area contributed by atoms with Gasteiger partial charge in [-0.3, -0.25) is 9.59 Å². The fourth-order valence-electron chi connectivity index (χ4n) is 3.37. The zero-order valence-corrected chi connectivity index (χ0v) is 14.1. The summed E-state index contributed by atoms with van der Waals surface area (Å²) in [5, 5.41) is 11.9. The summed E-state index contributed by atoms with van der Waals surface area (Å²) in [5.74, 6) is -0.991. The van der Waals surface area contributed by atoms with Gasteiger partial charge in [0.15, 0.2) is 0 Å². The SMILES string of the molecule is O=C(O)C1CCN(C(=O)NCc2cccc(N3CCCC3=O)c2)CC1. The molecule has 2 aliphatic heterocycles. The molecule has 25 heavy (non-hydrogen) atoms. The first kappa shape index (κ1) is 17.3. The highest BCUT2D eigenvalue weighted by Crippen LogP contribution is 2.22. The molecule has 0 spiro atoms. The Morgan fingerprint density at radius 1 is 1.20 bits per heavy atom. The Labute approximate surface area is 146 Å². The topological polar surface area (TPSA) is 89.9 Å². The van der Waals surface area contributed by atoms with Crippen LogP contribution in [0.25, 0.3) is 0 Å². The number of carboxylic acid groups (broad SMARTS) is 1. The number of piperidine rings is 1. The minimum atomic E-state index is -0.784. The minimum Gasteiger partial charge on any atom is -0.481 e. The standard InChI is InChI=1S/C18H23N3O4/c22-16-5-2-8-21(16)15-4-1-3-13(11-15)12-19-18(25)20-9-6-14(7-10-20)17(23)24/h1,3-4,11,14H,2,5-10,12H2,(H,19,25)(H,23,24). The molecule has 0 atom stereocenters. The average Bonchev–Trinajstić information content (AvgIpc) is 3.06. The number of nitrogens with one attached hydrogen (secondary N) is 1. The second-order valence-electron chi connectivity index (χ2n) is 6.58. The number of nitrogens with zero attached hydrogens (tertiary/aromatic N) is 2. The Balaban J connectivity index is 1.52. The van der Waals surface area contributed by atoms with Gasteiger partial charge in [0.2, 0.25) is 5.91 Å². The molecule has 3 amide bonds. The molecule has 0 unspecified atom stereocenters. The van der Waals surface area contributed by atoms with E-state index in [4.69, 9.17) is 5.11 Å². The van der Waals surface area contributed by atoms with E-state index in [1.807, 2.05) is 24.3 Å². The number of carbonyl (C=O) groups is 3. The van der Waals surface area contributed by atoms with Gasteiger partial charge in [-0.1, -0.05) is 12.1 Å². The lowest BCUT2D eigenvalue weighted by atomic mass is 9.97. The number of amides is 3. The number of hydrogen-bond acceptors (Lipinski definition) is 3. The van der Waals surface area contributed by atoms with E-state index in [-0.39, 0.29) is 17.9 Å². The summed E-state index contributed by atoms with van der Waals surface area (Å²) < 4.78 is 0. The third kappa shape index (κ3) is 4.10. The maximum atomic E-state index is 12.2. The van der Waals surface area contributed by atoms with Gasteiger partial charge in [0, 0.05) is 38.3 Å². The van der Waals surface area contributed by atoms with Crippen LogP contribution in [0.15, 0.2) is 24.3 Å². The van der Waals surface area contributed by atoms with Gasteiger partial charge in [0.1, 0.15) is 0 Å². The Kier molecular flexibility index (Phi) is 5.21. The first-order valence-electron chi connectivity index (χ1n) is 8.69. The third-order valence-corrected chi connectivity index (χ3v) is 4.87. The molecule has 0 radical (unpaired) electrons. The number of hydrogen-bond donors (Lipinski definition) is 2. The molecule has 2 aliphatic rings. The van der Waals surface area contributed by atoms with Gasteiger partial charge in [0.05, 0.1) is 5.92 Å². The molecular formula is C18H23N3O4. The number of aliphatic carboxylic acids is 1. The van der Waals surface area contributed by atoms with Crippen LogP contribution >= 0.6 is 0 Å². The van der Waals surface area contributed by atoms with Crippen molar-refractivity contribution in [2.24, 2.45) is 5.92 Å². The first-order chi connectivity index (χ1) is 12.0. The van der Waals surface area contributed by atoms with E-state index >= 15 is 0 Å². The molecule has 1 aromatic carbocycles. The van der Waals surface area contributed by atoms with Gasteiger partial charge in [0.25, 0.3) is 0 Å². The summed E-state index contributed by atoms with van der Waals surface area (Å²) in [6, 6.07) is 7.47. The molecule has 0 aliphatic carbocycles. The Morgan fingerprint density at radius 3 is 2.60 bits per heavy atom. The summed E-state index contributed by atoms with van der Waals surface area (Å²) in [5.41, 5.74) is 1.81. The largest absolute Gasteiger partial charge is 0.481 e. The molecule has 0 saturated carbocycles. The van der Waals surface area contributed by atoms with Gasteiger partial charge in [-0.25, -0.2) is 4.79 Å². The number of likely N-dealkylation sites (tertiary alicyclic amines) is 1. The fourth-order valence-corrected chi connectivity index (χ4v) is 3.37. The number of benzene rings is 1. The molecule has 134 valence electrons. The van der Waals surface area contributed by atoms with Crippen LogP contribution in [0.4, 0.5) is 10.5 Å². The van der Waals surface area contributed by atoms with Gasteiger partial charge >= 0.3 is 12.0 Å². The lowest BCUT2D eigenvalue weighted by Crippen LogP contribution is -2.45. The van der Waals surface area contributed by atoms with Crippen molar-refractivity contribution in [1.29, 1.82) is 0 Å². The molecule has 2 heterocycles. The van der Waals surface area contributed by atoms with Crippen LogP contribution in [0.5, 0.6) is 0 Å². The molecule has 0 aromatic heterocycles. The molecule has 3 rings (SSSR count). The van der Waals surface area contributed by atoms with E-state index < -0.39 is 5.97 Å². The first-order valence-corrected chi connectivity index (χ1v) is 8.69. The summed E-state index contributed by atoms with van der Waals surface area (Å²) >= 11 is 0. The summed E-state index contributed by atoms with van der Waals surface area (Å²) in [7, 11) is 0. The predicted octanol–water partition coefficient (Wildman–Crippen LogP) is 1.82. The molecular weight excluding hydrogens is 322 g/mol. The van der Waals surface area contributed by atoms with Crippen LogP contribution in [0.1, 0.15) is 31.2 Å². The second-order valence-corrected chi connectivity index (χ2v) is 6.58. The lowest BCUT2D eigenvalue weighted by Gasteiger charge is -2.30. The fraction of sp³-hybridized carbons (Fsp3) is 0.500. The highest BCUT2D eigenvalue weighted by molar-refractivity contribution is 5.95. The maximum absolute atomic E-state index is 12.2. The van der Waals surface area contributed by atoms with Gasteiger partial charge in [-0.05, 0) is 37.0 Å². The summed E-state index contributed by atoms with van der Waals surface area (Å²) in [6.07, 6.45) is 2.46. The normalized spacial score (nSPS) is 18.5. The van der Waals surface area contributed by atoms with Crippen LogP contribution in [0.2, 0.25) is 0 Å². The second kappa shape index (κ2) is 7.55. The maximum Gasteiger partial charge on any atom is 0.317 e. The highest BCUT2D eigenvalue weighted by atomic mass is 16.4. The van der Waals surface area contributed by atoms with Gasteiger partial charge in [-0.2, -0.15) is 0 Å². The zero-order chi connectivity index (χ0) is 17.8. The molecule has 7 nitrogen and oxygen atoms in total. The van der Waals surface area contributed by atoms with E-state index in [1.54, 1.807) is 9.80 Å². The molecule has 2 N–H and O–H groups in total. The van der Waals surface area contributed by atoms with E-state index in [1.165, 1.54) is 0 Å². The lowest BCUT2D eigenvalue weighted by molar-refractivity contribution is -0.143. The molecule has 7 heteroatoms. The van der Waals surface area contributed by atoms with E-state index in [0.717, 1.165) is 24.2 Å². The Bertz CT molecular complexity index is 668. The van der Waals surface area contributed by atoms with Crippen molar-refractivity contribution in [3.05, 3.63) is 29.8 Å². The molecule has 1 aromatic rings. The highest BCUT2D eigenvalue weighted by Gasteiger charge is 2.27. The number of carboxylic acids is 1. The van der Waals surface area contributed by atoms with Crippen molar-refractivity contribution in [1.82, 2.24) is 10.2 Å². The number of urea groups is 1. The van der Waals surface area contributed by atoms with E-state index in [2.05, 4.69) is 5.32 Å². The number of rotatable bonds is 4. The van der Waals surface area contributed by atoms with Crippen molar-refractivity contribution in [3.63, 3.8) is 0 Å². The van der Waals surface area contributed by atoms with Crippen LogP contribution in [-0.2, 0) is 16.1 Å². The van der Waals surface area contributed by atoms with Crippen LogP contribution in [0.3, 0.4) is 0 Å². The van der Waals surface area contributed by atoms with Crippen LogP contribution < -0.4 is 10.2 Å². The van der Waals surface area contributed by atoms with E-state index in [9.17, 15) is 14.4 Å². The minimum absolute atomic E-state index is 0.141. The predicted molar refractivity (Wildman–Crippen MR) is 92.2 cm³/mol. The Hall–Kier alpha value is -2.57. The smallest absolute Gasteiger partial charge is 0.317 e. The third-order valence-electron chi connectivity index (χ3n) is 4.87. The average molecular weight is 345 g/mol. The number of anilines is 1. The molecule has 0 bridgehead atoms. The quantitative estimate of drug-likeness (QED) is 0.871. The zero-order valence-electron chi connectivity index (χ0n) is 14.1.